The average molecular weight is 231 g/mol. The predicted molar refractivity (Wildman–Crippen MR) is 58.1 cm³/mol. The molecular formula is C12H16F3N. The first-order valence-corrected chi connectivity index (χ1v) is 5.09. The summed E-state index contributed by atoms with van der Waals surface area (Å²) >= 11 is 0. The van der Waals surface area contributed by atoms with Crippen LogP contribution in [-0.2, 0) is 0 Å². The first-order chi connectivity index (χ1) is 7.20. The van der Waals surface area contributed by atoms with Gasteiger partial charge in [-0.2, -0.15) is 13.2 Å². The van der Waals surface area contributed by atoms with Crippen molar-refractivity contribution < 1.29 is 13.2 Å². The molecule has 1 atom stereocenters. The lowest BCUT2D eigenvalue weighted by Gasteiger charge is -2.30. The molecule has 0 amide bonds. The summed E-state index contributed by atoms with van der Waals surface area (Å²) in [5.74, 6) is 0. The van der Waals surface area contributed by atoms with Crippen molar-refractivity contribution in [2.45, 2.75) is 38.5 Å². The van der Waals surface area contributed by atoms with Crippen molar-refractivity contribution >= 4 is 0 Å². The first kappa shape index (κ1) is 13.0. The third-order valence-corrected chi connectivity index (χ3v) is 2.04. The molecule has 1 N–H and O–H groups in total. The number of nitrogens with one attached hydrogen (secondary N) is 1. The van der Waals surface area contributed by atoms with E-state index in [0.717, 1.165) is 0 Å². The molecule has 0 aliphatic carbocycles. The molecule has 1 unspecified atom stereocenters. The van der Waals surface area contributed by atoms with E-state index in [0.29, 0.717) is 0 Å². The highest BCUT2D eigenvalue weighted by atomic mass is 19.4. The van der Waals surface area contributed by atoms with Crippen LogP contribution < -0.4 is 5.32 Å². The molecule has 16 heavy (non-hydrogen) atoms. The summed E-state index contributed by atoms with van der Waals surface area (Å²) in [5.41, 5.74) is -0.347. The number of benzene rings is 1. The Morgan fingerprint density at radius 2 is 1.50 bits per heavy atom. The van der Waals surface area contributed by atoms with Gasteiger partial charge in [-0.3, -0.25) is 5.32 Å². The van der Waals surface area contributed by atoms with Gasteiger partial charge in [-0.15, -0.1) is 0 Å². The SMILES string of the molecule is CC(C)(C)NC(c1ccccc1)C(F)(F)F. The van der Waals surface area contributed by atoms with E-state index in [9.17, 15) is 13.2 Å². The van der Waals surface area contributed by atoms with E-state index < -0.39 is 17.8 Å². The summed E-state index contributed by atoms with van der Waals surface area (Å²) in [6.45, 7) is 5.15. The van der Waals surface area contributed by atoms with Gasteiger partial charge < -0.3 is 0 Å². The number of halogens is 3. The second kappa shape index (κ2) is 4.45. The zero-order valence-electron chi connectivity index (χ0n) is 9.60. The molecular weight excluding hydrogens is 215 g/mol. The van der Waals surface area contributed by atoms with Gasteiger partial charge in [0.2, 0.25) is 0 Å². The fourth-order valence-electron chi connectivity index (χ4n) is 1.43. The lowest BCUT2D eigenvalue weighted by atomic mass is 10.0. The second-order valence-corrected chi connectivity index (χ2v) is 4.78. The largest absolute Gasteiger partial charge is 0.407 e. The smallest absolute Gasteiger partial charge is 0.298 e. The maximum atomic E-state index is 12.9. The molecule has 1 rings (SSSR count). The number of hydrogen-bond donors (Lipinski definition) is 1. The van der Waals surface area contributed by atoms with E-state index in [4.69, 9.17) is 0 Å². The van der Waals surface area contributed by atoms with Crippen LogP contribution in [0.4, 0.5) is 13.2 Å². The molecule has 0 aliphatic heterocycles. The van der Waals surface area contributed by atoms with Gasteiger partial charge >= 0.3 is 6.18 Å². The van der Waals surface area contributed by atoms with Crippen LogP contribution in [0.5, 0.6) is 0 Å². The Morgan fingerprint density at radius 3 is 1.88 bits per heavy atom. The number of hydrogen-bond acceptors (Lipinski definition) is 1. The Morgan fingerprint density at radius 1 is 1.00 bits per heavy atom. The van der Waals surface area contributed by atoms with E-state index in [2.05, 4.69) is 5.32 Å². The van der Waals surface area contributed by atoms with Gasteiger partial charge in [-0.25, -0.2) is 0 Å². The van der Waals surface area contributed by atoms with Gasteiger partial charge in [0, 0.05) is 5.54 Å². The highest BCUT2D eigenvalue weighted by Gasteiger charge is 2.42. The third-order valence-electron chi connectivity index (χ3n) is 2.04. The van der Waals surface area contributed by atoms with Crippen molar-refractivity contribution in [3.05, 3.63) is 35.9 Å². The Labute approximate surface area is 93.7 Å². The minimum Gasteiger partial charge on any atom is -0.298 e. The van der Waals surface area contributed by atoms with Gasteiger partial charge in [0.1, 0.15) is 6.04 Å². The zero-order chi connectivity index (χ0) is 12.4. The predicted octanol–water partition coefficient (Wildman–Crippen LogP) is 3.68. The van der Waals surface area contributed by atoms with Gasteiger partial charge in [-0.05, 0) is 26.3 Å². The molecule has 0 saturated heterocycles. The minimum atomic E-state index is -4.28. The lowest BCUT2D eigenvalue weighted by Crippen LogP contribution is -2.45. The lowest BCUT2D eigenvalue weighted by molar-refractivity contribution is -0.161. The zero-order valence-corrected chi connectivity index (χ0v) is 9.60. The van der Waals surface area contributed by atoms with Crippen LogP contribution in [0.25, 0.3) is 0 Å². The highest BCUT2D eigenvalue weighted by Crippen LogP contribution is 2.33. The Bertz CT molecular complexity index is 324. The van der Waals surface area contributed by atoms with Crippen molar-refractivity contribution in [2.75, 3.05) is 0 Å². The van der Waals surface area contributed by atoms with E-state index in [1.54, 1.807) is 39.0 Å². The molecule has 0 aliphatic rings. The summed E-state index contributed by atoms with van der Waals surface area (Å²) in [6.07, 6.45) is -4.28. The molecule has 1 aromatic rings. The fourth-order valence-corrected chi connectivity index (χ4v) is 1.43. The topological polar surface area (TPSA) is 12.0 Å². The first-order valence-electron chi connectivity index (χ1n) is 5.09. The van der Waals surface area contributed by atoms with Crippen molar-refractivity contribution in [3.63, 3.8) is 0 Å². The Balaban J connectivity index is 2.98. The maximum Gasteiger partial charge on any atom is 0.407 e. The molecule has 90 valence electrons. The van der Waals surface area contributed by atoms with Crippen LogP contribution in [0.15, 0.2) is 30.3 Å². The number of rotatable bonds is 2. The van der Waals surface area contributed by atoms with Gasteiger partial charge in [0.25, 0.3) is 0 Å². The van der Waals surface area contributed by atoms with Gasteiger partial charge in [0.15, 0.2) is 0 Å². The van der Waals surface area contributed by atoms with Gasteiger partial charge in [-0.1, -0.05) is 30.3 Å². The summed E-state index contributed by atoms with van der Waals surface area (Å²) in [5, 5.41) is 2.59. The molecule has 0 heterocycles. The van der Waals surface area contributed by atoms with Crippen molar-refractivity contribution in [1.82, 2.24) is 5.32 Å². The van der Waals surface area contributed by atoms with Crippen LogP contribution in [0.1, 0.15) is 32.4 Å². The van der Waals surface area contributed by atoms with E-state index in [1.165, 1.54) is 12.1 Å². The summed E-state index contributed by atoms with van der Waals surface area (Å²) in [7, 11) is 0. The second-order valence-electron chi connectivity index (χ2n) is 4.78. The van der Waals surface area contributed by atoms with Crippen molar-refractivity contribution in [3.8, 4) is 0 Å². The highest BCUT2D eigenvalue weighted by molar-refractivity contribution is 5.20. The van der Waals surface area contributed by atoms with E-state index >= 15 is 0 Å². The summed E-state index contributed by atoms with van der Waals surface area (Å²) in [6, 6.07) is 6.27. The van der Waals surface area contributed by atoms with Gasteiger partial charge in [0.05, 0.1) is 0 Å². The molecule has 0 fully saturated rings. The minimum absolute atomic E-state index is 0.241. The van der Waals surface area contributed by atoms with Crippen LogP contribution in [0, 0.1) is 0 Å². The van der Waals surface area contributed by atoms with Crippen molar-refractivity contribution in [1.29, 1.82) is 0 Å². The van der Waals surface area contributed by atoms with E-state index in [-0.39, 0.29) is 5.56 Å². The molecule has 0 saturated carbocycles. The Kier molecular flexibility index (Phi) is 3.63. The summed E-state index contributed by atoms with van der Waals surface area (Å²) < 4.78 is 38.6. The Hall–Kier alpha value is -1.03. The standard InChI is InChI=1S/C12H16F3N/c1-11(2,3)16-10(12(13,14)15)9-7-5-4-6-8-9/h4-8,10,16H,1-3H3. The van der Waals surface area contributed by atoms with E-state index in [1.807, 2.05) is 0 Å². The number of alkyl halides is 3. The van der Waals surface area contributed by atoms with Crippen molar-refractivity contribution in [2.24, 2.45) is 0 Å². The maximum absolute atomic E-state index is 12.9. The van der Waals surface area contributed by atoms with Crippen LogP contribution in [0.2, 0.25) is 0 Å². The fraction of sp³-hybridized carbons (Fsp3) is 0.500. The molecule has 0 spiro atoms. The molecule has 1 nitrogen and oxygen atoms in total. The molecule has 0 radical (unpaired) electrons. The molecule has 1 aromatic carbocycles. The molecule has 0 bridgehead atoms. The monoisotopic (exact) mass is 231 g/mol. The molecule has 0 aromatic heterocycles. The van der Waals surface area contributed by atoms with Crippen LogP contribution >= 0.6 is 0 Å². The average Bonchev–Trinajstić information content (AvgIpc) is 2.13. The van der Waals surface area contributed by atoms with Crippen LogP contribution in [0.3, 0.4) is 0 Å². The quantitative estimate of drug-likeness (QED) is 0.818. The normalized spacial score (nSPS) is 14.9. The molecule has 4 heteroatoms. The van der Waals surface area contributed by atoms with Crippen LogP contribution in [-0.4, -0.2) is 11.7 Å². The summed E-state index contributed by atoms with van der Waals surface area (Å²) in [4.78, 5) is 0. The third kappa shape index (κ3) is 3.85.